The van der Waals surface area contributed by atoms with E-state index >= 15 is 0 Å². The van der Waals surface area contributed by atoms with Gasteiger partial charge in [-0.1, -0.05) is 18.2 Å². The monoisotopic (exact) mass is 398 g/mol. The Hall–Kier alpha value is -3.62. The first-order valence-corrected chi connectivity index (χ1v) is 9.13. The lowest BCUT2D eigenvalue weighted by Crippen LogP contribution is -2.47. The lowest BCUT2D eigenvalue weighted by molar-refractivity contribution is -0.384. The molecule has 0 saturated carbocycles. The SMILES string of the molecule is CC(CNC(=O)CN1C(=O)COc2ccc([N+](=O)[O-])cc21)N(C)c1ccccc1. The lowest BCUT2D eigenvalue weighted by atomic mass is 10.2. The van der Waals surface area contributed by atoms with Gasteiger partial charge < -0.3 is 15.0 Å². The third-order valence-corrected chi connectivity index (χ3v) is 4.82. The third-order valence-electron chi connectivity index (χ3n) is 4.82. The van der Waals surface area contributed by atoms with Crippen LogP contribution in [0.3, 0.4) is 0 Å². The summed E-state index contributed by atoms with van der Waals surface area (Å²) >= 11 is 0. The van der Waals surface area contributed by atoms with Crippen molar-refractivity contribution in [2.24, 2.45) is 0 Å². The predicted octanol–water partition coefficient (Wildman–Crippen LogP) is 1.96. The lowest BCUT2D eigenvalue weighted by Gasteiger charge is -2.30. The Morgan fingerprint density at radius 2 is 2.03 bits per heavy atom. The van der Waals surface area contributed by atoms with Gasteiger partial charge in [-0.05, 0) is 25.1 Å². The Kier molecular flexibility index (Phi) is 5.96. The number of nitro benzene ring substituents is 1. The number of fused-ring (bicyclic) bond motifs is 1. The van der Waals surface area contributed by atoms with Crippen molar-refractivity contribution < 1.29 is 19.2 Å². The summed E-state index contributed by atoms with van der Waals surface area (Å²) in [5.41, 5.74) is 1.07. The van der Waals surface area contributed by atoms with Gasteiger partial charge in [0.15, 0.2) is 6.61 Å². The topological polar surface area (TPSA) is 105 Å². The number of hydrogen-bond donors (Lipinski definition) is 1. The largest absolute Gasteiger partial charge is 0.482 e. The molecular formula is C20H22N4O5. The van der Waals surface area contributed by atoms with Gasteiger partial charge in [-0.25, -0.2) is 0 Å². The van der Waals surface area contributed by atoms with Crippen LogP contribution in [0.4, 0.5) is 17.1 Å². The van der Waals surface area contributed by atoms with Gasteiger partial charge in [-0.15, -0.1) is 0 Å². The molecule has 0 radical (unpaired) electrons. The van der Waals surface area contributed by atoms with E-state index in [1.54, 1.807) is 0 Å². The van der Waals surface area contributed by atoms with Crippen molar-refractivity contribution in [3.8, 4) is 5.75 Å². The smallest absolute Gasteiger partial charge is 0.271 e. The second kappa shape index (κ2) is 8.59. The summed E-state index contributed by atoms with van der Waals surface area (Å²) in [5, 5.41) is 13.9. The van der Waals surface area contributed by atoms with Crippen LogP contribution in [0, 0.1) is 10.1 Å². The molecule has 0 fully saturated rings. The summed E-state index contributed by atoms with van der Waals surface area (Å²) in [4.78, 5) is 38.4. The fraction of sp³-hybridized carbons (Fsp3) is 0.300. The van der Waals surface area contributed by atoms with E-state index in [1.807, 2.05) is 49.2 Å². The molecule has 0 aromatic heterocycles. The fourth-order valence-corrected chi connectivity index (χ4v) is 2.99. The molecule has 1 unspecified atom stereocenters. The van der Waals surface area contributed by atoms with Gasteiger partial charge in [0.05, 0.1) is 10.6 Å². The number of para-hydroxylation sites is 1. The maximum atomic E-state index is 12.5. The number of non-ortho nitro benzene ring substituents is 1. The Morgan fingerprint density at radius 1 is 1.31 bits per heavy atom. The van der Waals surface area contributed by atoms with Crippen molar-refractivity contribution in [2.75, 3.05) is 36.5 Å². The molecule has 2 aromatic rings. The van der Waals surface area contributed by atoms with E-state index < -0.39 is 10.8 Å². The van der Waals surface area contributed by atoms with Gasteiger partial charge in [0.25, 0.3) is 11.6 Å². The number of hydrogen-bond acceptors (Lipinski definition) is 6. The molecule has 3 rings (SSSR count). The maximum absolute atomic E-state index is 12.5. The fourth-order valence-electron chi connectivity index (χ4n) is 2.99. The van der Waals surface area contributed by atoms with Crippen molar-refractivity contribution in [3.05, 3.63) is 58.6 Å². The molecule has 1 aliphatic rings. The van der Waals surface area contributed by atoms with Crippen LogP contribution in [0.25, 0.3) is 0 Å². The second-order valence-electron chi connectivity index (χ2n) is 6.78. The number of amides is 2. The number of carbonyl (C=O) groups excluding carboxylic acids is 2. The molecule has 0 saturated heterocycles. The zero-order valence-electron chi connectivity index (χ0n) is 16.2. The molecule has 1 aliphatic heterocycles. The standard InChI is InChI=1S/C20H22N4O5/c1-14(22(2)15-6-4-3-5-7-15)11-21-19(25)12-23-17-10-16(24(27)28)8-9-18(17)29-13-20(23)26/h3-10,14H,11-13H2,1-2H3,(H,21,25). The molecule has 1 atom stereocenters. The van der Waals surface area contributed by atoms with Crippen LogP contribution < -0.4 is 19.9 Å². The first-order valence-electron chi connectivity index (χ1n) is 9.13. The van der Waals surface area contributed by atoms with Crippen molar-refractivity contribution in [3.63, 3.8) is 0 Å². The molecule has 0 aliphatic carbocycles. The number of likely N-dealkylation sites (N-methyl/N-ethyl adjacent to an activating group) is 1. The Morgan fingerprint density at radius 3 is 2.72 bits per heavy atom. The first kappa shape index (κ1) is 20.1. The molecule has 0 bridgehead atoms. The van der Waals surface area contributed by atoms with Crippen LogP contribution in [-0.4, -0.2) is 49.5 Å². The van der Waals surface area contributed by atoms with Crippen LogP contribution in [0.15, 0.2) is 48.5 Å². The average molecular weight is 398 g/mol. The van der Waals surface area contributed by atoms with Crippen molar-refractivity contribution in [1.82, 2.24) is 5.32 Å². The van der Waals surface area contributed by atoms with Gasteiger partial charge in [0.2, 0.25) is 5.91 Å². The summed E-state index contributed by atoms with van der Waals surface area (Å²) in [6.07, 6.45) is 0. The molecule has 9 nitrogen and oxygen atoms in total. The predicted molar refractivity (Wildman–Crippen MR) is 108 cm³/mol. The van der Waals surface area contributed by atoms with E-state index in [4.69, 9.17) is 4.74 Å². The summed E-state index contributed by atoms with van der Waals surface area (Å²) in [5.74, 6) is -0.450. The number of anilines is 2. The minimum absolute atomic E-state index is 0.0233. The minimum atomic E-state index is -0.557. The van der Waals surface area contributed by atoms with E-state index in [9.17, 15) is 19.7 Å². The van der Waals surface area contributed by atoms with E-state index in [-0.39, 0.29) is 36.5 Å². The highest BCUT2D eigenvalue weighted by Crippen LogP contribution is 2.35. The number of rotatable bonds is 7. The zero-order chi connectivity index (χ0) is 21.0. The van der Waals surface area contributed by atoms with Gasteiger partial charge >= 0.3 is 0 Å². The molecule has 1 heterocycles. The van der Waals surface area contributed by atoms with Gasteiger partial charge in [-0.3, -0.25) is 24.6 Å². The highest BCUT2D eigenvalue weighted by Gasteiger charge is 2.29. The summed E-state index contributed by atoms with van der Waals surface area (Å²) in [6, 6.07) is 13.8. The van der Waals surface area contributed by atoms with E-state index in [2.05, 4.69) is 5.32 Å². The van der Waals surface area contributed by atoms with Gasteiger partial charge in [0.1, 0.15) is 12.3 Å². The number of carbonyl (C=O) groups is 2. The summed E-state index contributed by atoms with van der Waals surface area (Å²) < 4.78 is 5.31. The van der Waals surface area contributed by atoms with Crippen LogP contribution in [0.2, 0.25) is 0 Å². The first-order chi connectivity index (χ1) is 13.9. The average Bonchev–Trinajstić information content (AvgIpc) is 2.73. The van der Waals surface area contributed by atoms with Crippen LogP contribution in [0.5, 0.6) is 5.75 Å². The molecule has 152 valence electrons. The van der Waals surface area contributed by atoms with Crippen molar-refractivity contribution in [1.29, 1.82) is 0 Å². The molecule has 2 aromatic carbocycles. The quantitative estimate of drug-likeness (QED) is 0.565. The molecule has 2 amide bonds. The molecule has 1 N–H and O–H groups in total. The molecule has 0 spiro atoms. The van der Waals surface area contributed by atoms with E-state index in [1.165, 1.54) is 23.1 Å². The Bertz CT molecular complexity index is 918. The Labute approximate surface area is 168 Å². The van der Waals surface area contributed by atoms with Crippen molar-refractivity contribution in [2.45, 2.75) is 13.0 Å². The number of ether oxygens (including phenoxy) is 1. The highest BCUT2D eigenvalue weighted by atomic mass is 16.6. The molecule has 9 heteroatoms. The highest BCUT2D eigenvalue weighted by molar-refractivity contribution is 6.02. The molecule has 29 heavy (non-hydrogen) atoms. The van der Waals surface area contributed by atoms with Gasteiger partial charge in [-0.2, -0.15) is 0 Å². The normalized spacial score (nSPS) is 13.9. The van der Waals surface area contributed by atoms with E-state index in [0.29, 0.717) is 12.3 Å². The van der Waals surface area contributed by atoms with Crippen LogP contribution >= 0.6 is 0 Å². The number of benzene rings is 2. The van der Waals surface area contributed by atoms with Gasteiger partial charge in [0, 0.05) is 37.5 Å². The van der Waals surface area contributed by atoms with Crippen LogP contribution in [-0.2, 0) is 9.59 Å². The number of nitrogens with one attached hydrogen (secondary N) is 1. The maximum Gasteiger partial charge on any atom is 0.271 e. The van der Waals surface area contributed by atoms with E-state index in [0.717, 1.165) is 5.69 Å². The summed E-state index contributed by atoms with van der Waals surface area (Å²) in [7, 11) is 1.94. The minimum Gasteiger partial charge on any atom is -0.482 e. The molecular weight excluding hydrogens is 376 g/mol. The Balaban J connectivity index is 1.64. The number of nitrogens with zero attached hydrogens (tertiary/aromatic N) is 3. The third kappa shape index (κ3) is 4.63. The van der Waals surface area contributed by atoms with Crippen LogP contribution in [0.1, 0.15) is 6.92 Å². The summed E-state index contributed by atoms with van der Waals surface area (Å²) in [6.45, 7) is 1.90. The second-order valence-corrected chi connectivity index (χ2v) is 6.78. The zero-order valence-corrected chi connectivity index (χ0v) is 16.2. The van der Waals surface area contributed by atoms with Crippen molar-refractivity contribution >= 4 is 28.9 Å². The number of nitro groups is 1.